The van der Waals surface area contributed by atoms with Gasteiger partial charge in [0.05, 0.1) is 11.2 Å². The van der Waals surface area contributed by atoms with Gasteiger partial charge in [0.2, 0.25) is 0 Å². The van der Waals surface area contributed by atoms with Gasteiger partial charge >= 0.3 is 0 Å². The Morgan fingerprint density at radius 3 is 3.09 bits per heavy atom. The summed E-state index contributed by atoms with van der Waals surface area (Å²) in [5, 5.41) is 15.6. The van der Waals surface area contributed by atoms with Crippen molar-refractivity contribution in [3.05, 3.63) is 42.1 Å². The fourth-order valence-electron chi connectivity index (χ4n) is 2.94. The van der Waals surface area contributed by atoms with Crippen LogP contribution in [-0.4, -0.2) is 28.6 Å². The van der Waals surface area contributed by atoms with Crippen molar-refractivity contribution in [2.75, 3.05) is 13.7 Å². The molecule has 0 radical (unpaired) electrons. The Kier molecular flexibility index (Phi) is 4.57. The molecule has 2 aromatic rings. The van der Waals surface area contributed by atoms with E-state index in [1.165, 1.54) is 7.11 Å². The summed E-state index contributed by atoms with van der Waals surface area (Å²) in [5.41, 5.74) is 2.70. The molecule has 1 aliphatic heterocycles. The van der Waals surface area contributed by atoms with Crippen LogP contribution in [0.3, 0.4) is 0 Å². The van der Waals surface area contributed by atoms with Gasteiger partial charge in [0.25, 0.3) is 0 Å². The van der Waals surface area contributed by atoms with E-state index >= 15 is 0 Å². The highest BCUT2D eigenvalue weighted by Crippen LogP contribution is 2.30. The van der Waals surface area contributed by atoms with E-state index in [1.807, 2.05) is 29.0 Å². The second-order valence-corrected chi connectivity index (χ2v) is 5.57. The van der Waals surface area contributed by atoms with Crippen LogP contribution in [0.2, 0.25) is 0 Å². The normalized spacial score (nSPS) is 20.2. The number of ether oxygens (including phenoxy) is 2. The first-order valence-corrected chi connectivity index (χ1v) is 7.69. The van der Waals surface area contributed by atoms with Gasteiger partial charge in [0.1, 0.15) is 0 Å². The number of allylic oxidation sites excluding steroid dienone is 1. The van der Waals surface area contributed by atoms with E-state index < -0.39 is 6.29 Å². The summed E-state index contributed by atoms with van der Waals surface area (Å²) < 4.78 is 12.8. The van der Waals surface area contributed by atoms with Gasteiger partial charge < -0.3 is 14.6 Å². The molecule has 0 aliphatic carbocycles. The average molecular weight is 302 g/mol. The number of nitrogens with zero attached hydrogens (tertiary/aromatic N) is 2. The molecule has 0 amide bonds. The first-order valence-electron chi connectivity index (χ1n) is 7.69. The highest BCUT2D eigenvalue weighted by atomic mass is 16.6. The van der Waals surface area contributed by atoms with Crippen molar-refractivity contribution in [1.82, 2.24) is 9.78 Å². The molecule has 0 saturated carbocycles. The molecule has 5 nitrogen and oxygen atoms in total. The first-order chi connectivity index (χ1) is 10.7. The number of benzene rings is 1. The Bertz CT molecular complexity index is 659. The molecule has 3 rings (SSSR count). The fourth-order valence-corrected chi connectivity index (χ4v) is 2.94. The van der Waals surface area contributed by atoms with E-state index in [0.29, 0.717) is 6.42 Å². The third-order valence-electron chi connectivity index (χ3n) is 4.08. The van der Waals surface area contributed by atoms with E-state index in [0.717, 1.165) is 48.0 Å². The number of hydrogen-bond acceptors (Lipinski definition) is 4. The number of aromatic nitrogens is 2. The lowest BCUT2D eigenvalue weighted by molar-refractivity contribution is -0.0768. The molecule has 2 atom stereocenters. The maximum absolute atomic E-state index is 9.87. The van der Waals surface area contributed by atoms with Crippen LogP contribution in [0.4, 0.5) is 0 Å². The van der Waals surface area contributed by atoms with Crippen molar-refractivity contribution in [3.63, 3.8) is 0 Å². The summed E-state index contributed by atoms with van der Waals surface area (Å²) in [5.74, 6) is 0. The molecule has 0 bridgehead atoms. The van der Waals surface area contributed by atoms with Crippen LogP contribution < -0.4 is 0 Å². The minimum absolute atomic E-state index is 0.00647. The van der Waals surface area contributed by atoms with Gasteiger partial charge in [0, 0.05) is 31.1 Å². The van der Waals surface area contributed by atoms with E-state index in [9.17, 15) is 5.11 Å². The Balaban J connectivity index is 2.07. The minimum atomic E-state index is -0.921. The number of methoxy groups -OCH3 is 1. The molecule has 118 valence electrons. The van der Waals surface area contributed by atoms with Crippen LogP contribution in [0.15, 0.2) is 30.9 Å². The molecule has 2 unspecified atom stereocenters. The summed E-state index contributed by atoms with van der Waals surface area (Å²) >= 11 is 0. The van der Waals surface area contributed by atoms with Crippen LogP contribution in [0.5, 0.6) is 0 Å². The maximum Gasteiger partial charge on any atom is 0.180 e. The topological polar surface area (TPSA) is 56.5 Å². The number of fused-ring (bicyclic) bond motifs is 1. The van der Waals surface area contributed by atoms with Crippen molar-refractivity contribution in [2.45, 2.75) is 38.2 Å². The van der Waals surface area contributed by atoms with Crippen LogP contribution >= 0.6 is 0 Å². The largest absolute Gasteiger partial charge is 0.364 e. The lowest BCUT2D eigenvalue weighted by Gasteiger charge is -2.23. The predicted octanol–water partition coefficient (Wildman–Crippen LogP) is 3.10. The summed E-state index contributed by atoms with van der Waals surface area (Å²) in [6.07, 6.45) is 4.84. The van der Waals surface area contributed by atoms with Crippen LogP contribution in [-0.2, 0) is 15.9 Å². The maximum atomic E-state index is 9.87. The smallest absolute Gasteiger partial charge is 0.180 e. The number of aliphatic hydroxyl groups excluding tert-OH is 1. The molecule has 1 saturated heterocycles. The molecular formula is C17H22N2O3. The summed E-state index contributed by atoms with van der Waals surface area (Å²) in [7, 11) is 1.48. The standard InChI is InChI=1S/C17H22N2O3/c1-3-6-14-13-11-12(17(20)21-2)8-9-15(13)19(18-14)16-7-4-5-10-22-16/h3,8-9,11,16-17,20H,1,4-7,10H2,2H3. The Labute approximate surface area is 130 Å². The van der Waals surface area contributed by atoms with E-state index in [4.69, 9.17) is 14.6 Å². The molecular weight excluding hydrogens is 280 g/mol. The lowest BCUT2D eigenvalue weighted by Crippen LogP contribution is -2.19. The quantitative estimate of drug-likeness (QED) is 0.681. The van der Waals surface area contributed by atoms with Crippen molar-refractivity contribution >= 4 is 10.9 Å². The predicted molar refractivity (Wildman–Crippen MR) is 84.4 cm³/mol. The molecule has 5 heteroatoms. The molecule has 22 heavy (non-hydrogen) atoms. The van der Waals surface area contributed by atoms with E-state index in [-0.39, 0.29) is 6.23 Å². The number of hydrogen-bond donors (Lipinski definition) is 1. The molecule has 1 fully saturated rings. The Hall–Kier alpha value is -1.69. The fraction of sp³-hybridized carbons (Fsp3) is 0.471. The molecule has 1 N–H and O–H groups in total. The molecule has 2 heterocycles. The Morgan fingerprint density at radius 1 is 1.55 bits per heavy atom. The van der Waals surface area contributed by atoms with Gasteiger partial charge in [-0.05, 0) is 31.4 Å². The Morgan fingerprint density at radius 2 is 2.41 bits per heavy atom. The zero-order valence-corrected chi connectivity index (χ0v) is 12.9. The monoisotopic (exact) mass is 302 g/mol. The third kappa shape index (κ3) is 2.79. The van der Waals surface area contributed by atoms with Gasteiger partial charge in [-0.25, -0.2) is 4.68 Å². The SMILES string of the molecule is C=CCc1nn(C2CCCCO2)c2ccc(C(O)OC)cc12. The number of rotatable bonds is 5. The average Bonchev–Trinajstić information content (AvgIpc) is 2.93. The summed E-state index contributed by atoms with van der Waals surface area (Å²) in [6, 6.07) is 5.79. The van der Waals surface area contributed by atoms with Crippen LogP contribution in [0.25, 0.3) is 10.9 Å². The van der Waals surface area contributed by atoms with Crippen molar-refractivity contribution < 1.29 is 14.6 Å². The third-order valence-corrected chi connectivity index (χ3v) is 4.08. The van der Waals surface area contributed by atoms with E-state index in [1.54, 1.807) is 0 Å². The summed E-state index contributed by atoms with van der Waals surface area (Å²) in [6.45, 7) is 4.58. The second kappa shape index (κ2) is 6.60. The van der Waals surface area contributed by atoms with Crippen molar-refractivity contribution in [2.24, 2.45) is 0 Å². The lowest BCUT2D eigenvalue weighted by atomic mass is 10.1. The van der Waals surface area contributed by atoms with Gasteiger partial charge in [-0.2, -0.15) is 5.10 Å². The van der Waals surface area contributed by atoms with Gasteiger partial charge in [0.15, 0.2) is 12.5 Å². The number of aliphatic hydroxyl groups is 1. The van der Waals surface area contributed by atoms with E-state index in [2.05, 4.69) is 6.58 Å². The highest BCUT2D eigenvalue weighted by Gasteiger charge is 2.21. The highest BCUT2D eigenvalue weighted by molar-refractivity contribution is 5.83. The van der Waals surface area contributed by atoms with Crippen molar-refractivity contribution in [3.8, 4) is 0 Å². The van der Waals surface area contributed by atoms with Crippen LogP contribution in [0.1, 0.15) is 43.0 Å². The zero-order valence-electron chi connectivity index (χ0n) is 12.9. The molecule has 1 aromatic heterocycles. The summed E-state index contributed by atoms with van der Waals surface area (Å²) in [4.78, 5) is 0. The van der Waals surface area contributed by atoms with Gasteiger partial charge in [-0.15, -0.1) is 6.58 Å². The molecule has 1 aromatic carbocycles. The minimum Gasteiger partial charge on any atom is -0.364 e. The molecule has 0 spiro atoms. The van der Waals surface area contributed by atoms with Crippen LogP contribution in [0, 0.1) is 0 Å². The zero-order chi connectivity index (χ0) is 15.5. The first kappa shape index (κ1) is 15.2. The van der Waals surface area contributed by atoms with Gasteiger partial charge in [-0.1, -0.05) is 12.1 Å². The second-order valence-electron chi connectivity index (χ2n) is 5.57. The molecule has 1 aliphatic rings. The van der Waals surface area contributed by atoms with Gasteiger partial charge in [-0.3, -0.25) is 0 Å². The van der Waals surface area contributed by atoms with Crippen molar-refractivity contribution in [1.29, 1.82) is 0 Å².